The fourth-order valence-electron chi connectivity index (χ4n) is 2.16. The van der Waals surface area contributed by atoms with Gasteiger partial charge in [0.15, 0.2) is 0 Å². The fraction of sp³-hybridized carbons (Fsp3) is 0.357. The van der Waals surface area contributed by atoms with Gasteiger partial charge in [0.25, 0.3) is 0 Å². The van der Waals surface area contributed by atoms with E-state index in [0.717, 1.165) is 24.2 Å². The maximum Gasteiger partial charge on any atom is 0.0746 e. The van der Waals surface area contributed by atoms with Crippen LogP contribution in [0.2, 0.25) is 10.0 Å². The molecule has 0 saturated heterocycles. The van der Waals surface area contributed by atoms with E-state index in [1.54, 1.807) is 0 Å². The van der Waals surface area contributed by atoms with Crippen LogP contribution in [0.4, 0.5) is 0 Å². The van der Waals surface area contributed by atoms with Gasteiger partial charge < -0.3 is 5.32 Å². The molecule has 5 heteroatoms. The van der Waals surface area contributed by atoms with Crippen molar-refractivity contribution >= 4 is 23.2 Å². The normalized spacial score (nSPS) is 12.6. The lowest BCUT2D eigenvalue weighted by Gasteiger charge is -2.19. The van der Waals surface area contributed by atoms with Gasteiger partial charge in [-0.2, -0.15) is 5.10 Å². The lowest BCUT2D eigenvalue weighted by Crippen LogP contribution is -2.21. The van der Waals surface area contributed by atoms with Crippen molar-refractivity contribution in [3.8, 4) is 0 Å². The largest absolute Gasteiger partial charge is 0.308 e. The molecule has 0 bridgehead atoms. The second-order valence-corrected chi connectivity index (χ2v) is 5.19. The average molecular weight is 298 g/mol. The van der Waals surface area contributed by atoms with Crippen molar-refractivity contribution in [2.45, 2.75) is 25.9 Å². The Labute approximate surface area is 123 Å². The SMILES string of the molecule is CCCn1nccc1C(NC)c1ccc(Cl)c(Cl)c1. The van der Waals surface area contributed by atoms with Gasteiger partial charge in [0.2, 0.25) is 0 Å². The quantitative estimate of drug-likeness (QED) is 0.907. The summed E-state index contributed by atoms with van der Waals surface area (Å²) in [6, 6.07) is 7.79. The summed E-state index contributed by atoms with van der Waals surface area (Å²) in [7, 11) is 1.93. The Balaban J connectivity index is 2.38. The Bertz CT molecular complexity index is 551. The molecule has 1 aromatic carbocycles. The highest BCUT2D eigenvalue weighted by Gasteiger charge is 2.17. The van der Waals surface area contributed by atoms with Gasteiger partial charge in [-0.05, 0) is 37.2 Å². The number of nitrogens with one attached hydrogen (secondary N) is 1. The lowest BCUT2D eigenvalue weighted by molar-refractivity contribution is 0.534. The molecule has 0 spiro atoms. The summed E-state index contributed by atoms with van der Waals surface area (Å²) in [6.45, 7) is 3.04. The van der Waals surface area contributed by atoms with Crippen molar-refractivity contribution in [3.05, 3.63) is 51.8 Å². The van der Waals surface area contributed by atoms with Crippen LogP contribution in [-0.4, -0.2) is 16.8 Å². The topological polar surface area (TPSA) is 29.9 Å². The zero-order valence-electron chi connectivity index (χ0n) is 11.0. The molecule has 0 aliphatic carbocycles. The Morgan fingerprint density at radius 3 is 2.68 bits per heavy atom. The molecule has 2 rings (SSSR count). The van der Waals surface area contributed by atoms with Crippen molar-refractivity contribution in [3.63, 3.8) is 0 Å². The third kappa shape index (κ3) is 3.11. The monoisotopic (exact) mass is 297 g/mol. The van der Waals surface area contributed by atoms with Gasteiger partial charge in [-0.15, -0.1) is 0 Å². The van der Waals surface area contributed by atoms with Gasteiger partial charge in [0, 0.05) is 12.7 Å². The molecule has 3 nitrogen and oxygen atoms in total. The summed E-state index contributed by atoms with van der Waals surface area (Å²) in [6.07, 6.45) is 2.87. The van der Waals surface area contributed by atoms with E-state index in [-0.39, 0.29) is 6.04 Å². The molecule has 0 fully saturated rings. The number of halogens is 2. The third-order valence-electron chi connectivity index (χ3n) is 3.05. The predicted molar refractivity (Wildman–Crippen MR) is 79.9 cm³/mol. The van der Waals surface area contributed by atoms with Gasteiger partial charge >= 0.3 is 0 Å². The van der Waals surface area contributed by atoms with Crippen LogP contribution in [0.15, 0.2) is 30.5 Å². The van der Waals surface area contributed by atoms with Crippen molar-refractivity contribution in [1.82, 2.24) is 15.1 Å². The molecular weight excluding hydrogens is 281 g/mol. The number of nitrogens with zero attached hydrogens (tertiary/aromatic N) is 2. The van der Waals surface area contributed by atoms with Crippen molar-refractivity contribution < 1.29 is 0 Å². The van der Waals surface area contributed by atoms with Crippen LogP contribution in [0.1, 0.15) is 30.6 Å². The van der Waals surface area contributed by atoms with E-state index in [9.17, 15) is 0 Å². The van der Waals surface area contributed by atoms with Gasteiger partial charge in [-0.25, -0.2) is 0 Å². The molecule has 0 saturated carbocycles. The van der Waals surface area contributed by atoms with Crippen LogP contribution in [-0.2, 0) is 6.54 Å². The number of aromatic nitrogens is 2. The Kier molecular flexibility index (Phi) is 4.86. The van der Waals surface area contributed by atoms with Crippen molar-refractivity contribution in [1.29, 1.82) is 0 Å². The van der Waals surface area contributed by atoms with Crippen molar-refractivity contribution in [2.24, 2.45) is 0 Å². The van der Waals surface area contributed by atoms with Gasteiger partial charge in [-0.1, -0.05) is 36.2 Å². The minimum Gasteiger partial charge on any atom is -0.308 e. The van der Waals surface area contributed by atoms with Crippen LogP contribution in [0, 0.1) is 0 Å². The predicted octanol–water partition coefficient (Wildman–Crippen LogP) is 3.91. The minimum absolute atomic E-state index is 0.0591. The zero-order chi connectivity index (χ0) is 13.8. The van der Waals surface area contributed by atoms with Gasteiger partial charge in [0.05, 0.1) is 21.8 Å². The zero-order valence-corrected chi connectivity index (χ0v) is 12.5. The summed E-state index contributed by atoms with van der Waals surface area (Å²) in [5.74, 6) is 0. The fourth-order valence-corrected chi connectivity index (χ4v) is 2.47. The van der Waals surface area contributed by atoms with E-state index >= 15 is 0 Å². The Morgan fingerprint density at radius 1 is 1.26 bits per heavy atom. The van der Waals surface area contributed by atoms with E-state index in [1.165, 1.54) is 0 Å². The van der Waals surface area contributed by atoms with Crippen LogP contribution in [0.3, 0.4) is 0 Å². The molecule has 102 valence electrons. The third-order valence-corrected chi connectivity index (χ3v) is 3.79. The van der Waals surface area contributed by atoms with Crippen molar-refractivity contribution in [2.75, 3.05) is 7.05 Å². The standard InChI is InChI=1S/C14H17Cl2N3/c1-3-8-19-13(6-7-18-19)14(17-2)10-4-5-11(15)12(16)9-10/h4-7,9,14,17H,3,8H2,1-2H3. The summed E-state index contributed by atoms with van der Waals surface area (Å²) in [5, 5.41) is 8.80. The van der Waals surface area contributed by atoms with Gasteiger partial charge in [0.1, 0.15) is 0 Å². The summed E-state index contributed by atoms with van der Waals surface area (Å²) in [4.78, 5) is 0. The number of hydrogen-bond acceptors (Lipinski definition) is 2. The molecule has 0 aliphatic heterocycles. The molecule has 19 heavy (non-hydrogen) atoms. The van der Waals surface area contributed by atoms with Crippen LogP contribution >= 0.6 is 23.2 Å². The molecule has 2 aromatic rings. The lowest BCUT2D eigenvalue weighted by atomic mass is 10.0. The highest BCUT2D eigenvalue weighted by atomic mass is 35.5. The molecule has 0 radical (unpaired) electrons. The van der Waals surface area contributed by atoms with E-state index < -0.39 is 0 Å². The molecule has 0 amide bonds. The molecule has 1 aromatic heterocycles. The maximum atomic E-state index is 6.10. The van der Waals surface area contributed by atoms with E-state index in [2.05, 4.69) is 17.3 Å². The number of rotatable bonds is 5. The van der Waals surface area contributed by atoms with E-state index in [4.69, 9.17) is 23.2 Å². The highest BCUT2D eigenvalue weighted by Crippen LogP contribution is 2.28. The molecular formula is C14H17Cl2N3. The molecule has 1 unspecified atom stereocenters. The maximum absolute atomic E-state index is 6.10. The molecule has 1 N–H and O–H groups in total. The molecule has 1 heterocycles. The first-order valence-electron chi connectivity index (χ1n) is 6.31. The summed E-state index contributed by atoms with van der Waals surface area (Å²) < 4.78 is 2.02. The smallest absolute Gasteiger partial charge is 0.0746 e. The molecule has 0 aliphatic rings. The van der Waals surface area contributed by atoms with Crippen LogP contribution in [0.5, 0.6) is 0 Å². The first kappa shape index (κ1) is 14.4. The summed E-state index contributed by atoms with van der Waals surface area (Å²) >= 11 is 12.1. The van der Waals surface area contributed by atoms with E-state index in [1.807, 2.05) is 42.2 Å². The highest BCUT2D eigenvalue weighted by molar-refractivity contribution is 6.42. The molecule has 1 atom stereocenters. The first-order chi connectivity index (χ1) is 9.17. The first-order valence-corrected chi connectivity index (χ1v) is 7.07. The second kappa shape index (κ2) is 6.42. The Hall–Kier alpha value is -1.03. The van der Waals surface area contributed by atoms with E-state index in [0.29, 0.717) is 10.0 Å². The minimum atomic E-state index is 0.0591. The van der Waals surface area contributed by atoms with Crippen LogP contribution in [0.25, 0.3) is 0 Å². The summed E-state index contributed by atoms with van der Waals surface area (Å²) in [5.41, 5.74) is 2.21. The average Bonchev–Trinajstić information content (AvgIpc) is 2.83. The number of benzene rings is 1. The van der Waals surface area contributed by atoms with Crippen LogP contribution < -0.4 is 5.32 Å². The Morgan fingerprint density at radius 2 is 2.05 bits per heavy atom. The number of hydrogen-bond donors (Lipinski definition) is 1. The van der Waals surface area contributed by atoms with Gasteiger partial charge in [-0.3, -0.25) is 4.68 Å². The number of aryl methyl sites for hydroxylation is 1. The second-order valence-electron chi connectivity index (χ2n) is 4.37.